The molecule has 0 unspecified atom stereocenters. The van der Waals surface area contributed by atoms with Crippen LogP contribution in [0.3, 0.4) is 0 Å². The molecule has 1 aromatic heterocycles. The fourth-order valence-corrected chi connectivity index (χ4v) is 2.34. The summed E-state index contributed by atoms with van der Waals surface area (Å²) in [5.74, 6) is 0.868. The van der Waals surface area contributed by atoms with Gasteiger partial charge in [-0.2, -0.15) is 0 Å². The Hall–Kier alpha value is -1.93. The summed E-state index contributed by atoms with van der Waals surface area (Å²) >= 11 is 5.89. The van der Waals surface area contributed by atoms with Crippen LogP contribution in [0.4, 0.5) is 0 Å². The summed E-state index contributed by atoms with van der Waals surface area (Å²) in [6.45, 7) is 0. The molecular weight excluding hydrogens is 258 g/mol. The van der Waals surface area contributed by atoms with Crippen LogP contribution in [0.5, 0.6) is 5.75 Å². The molecule has 2 nitrogen and oxygen atoms in total. The van der Waals surface area contributed by atoms with Gasteiger partial charge >= 0.3 is 0 Å². The number of hydrogen-bond acceptors (Lipinski definition) is 1. The molecule has 3 heteroatoms. The first-order valence-electron chi connectivity index (χ1n) is 6.15. The molecule has 1 heterocycles. The molecule has 0 aliphatic heterocycles. The van der Waals surface area contributed by atoms with Gasteiger partial charge in [-0.25, -0.2) is 0 Å². The van der Waals surface area contributed by atoms with Crippen molar-refractivity contribution in [1.82, 2.24) is 4.98 Å². The molecule has 0 saturated carbocycles. The van der Waals surface area contributed by atoms with E-state index >= 15 is 0 Å². The van der Waals surface area contributed by atoms with E-state index in [9.17, 15) is 0 Å². The molecule has 96 valence electrons. The van der Waals surface area contributed by atoms with Crippen molar-refractivity contribution in [3.63, 3.8) is 0 Å². The van der Waals surface area contributed by atoms with Crippen LogP contribution in [0.15, 0.2) is 48.5 Å². The Bertz CT molecular complexity index is 700. The van der Waals surface area contributed by atoms with E-state index in [1.54, 1.807) is 7.11 Å². The molecule has 0 aliphatic rings. The number of nitrogens with one attached hydrogen (secondary N) is 1. The van der Waals surface area contributed by atoms with E-state index in [1.807, 2.05) is 24.3 Å². The second-order valence-corrected chi connectivity index (χ2v) is 4.99. The molecule has 0 aliphatic carbocycles. The number of aromatic nitrogens is 1. The van der Waals surface area contributed by atoms with Crippen LogP contribution in [-0.4, -0.2) is 12.1 Å². The lowest BCUT2D eigenvalue weighted by molar-refractivity contribution is 0.415. The summed E-state index contributed by atoms with van der Waals surface area (Å²) in [6, 6.07) is 16.2. The molecule has 1 N–H and O–H groups in total. The number of rotatable bonds is 3. The topological polar surface area (TPSA) is 25.0 Å². The predicted octanol–water partition coefficient (Wildman–Crippen LogP) is 4.42. The van der Waals surface area contributed by atoms with Crippen molar-refractivity contribution >= 4 is 22.5 Å². The van der Waals surface area contributed by atoms with E-state index in [0.717, 1.165) is 22.7 Å². The van der Waals surface area contributed by atoms with Gasteiger partial charge in [0.1, 0.15) is 5.75 Å². The summed E-state index contributed by atoms with van der Waals surface area (Å²) in [7, 11) is 1.68. The van der Waals surface area contributed by atoms with Gasteiger partial charge in [-0.1, -0.05) is 23.7 Å². The van der Waals surface area contributed by atoms with E-state index in [4.69, 9.17) is 16.3 Å². The Morgan fingerprint density at radius 2 is 1.84 bits per heavy atom. The summed E-state index contributed by atoms with van der Waals surface area (Å²) in [4.78, 5) is 3.42. The Labute approximate surface area is 117 Å². The lowest BCUT2D eigenvalue weighted by Crippen LogP contribution is -1.87. The van der Waals surface area contributed by atoms with Crippen molar-refractivity contribution in [3.8, 4) is 5.75 Å². The van der Waals surface area contributed by atoms with E-state index in [0.29, 0.717) is 0 Å². The summed E-state index contributed by atoms with van der Waals surface area (Å²) in [6.07, 6.45) is 0.869. The van der Waals surface area contributed by atoms with Crippen LogP contribution in [0.1, 0.15) is 11.3 Å². The van der Waals surface area contributed by atoms with Gasteiger partial charge in [0.2, 0.25) is 0 Å². The fraction of sp³-hybridized carbons (Fsp3) is 0.125. The van der Waals surface area contributed by atoms with Crippen molar-refractivity contribution in [2.45, 2.75) is 6.42 Å². The van der Waals surface area contributed by atoms with E-state index in [1.165, 1.54) is 16.6 Å². The SMILES string of the molecule is COc1ccc2cc(Cc3ccc(Cl)cc3)[nH]c2c1. The van der Waals surface area contributed by atoms with Crippen LogP contribution in [-0.2, 0) is 6.42 Å². The average molecular weight is 272 g/mol. The second kappa shape index (κ2) is 4.98. The minimum Gasteiger partial charge on any atom is -0.497 e. The van der Waals surface area contributed by atoms with Gasteiger partial charge in [0, 0.05) is 28.7 Å². The van der Waals surface area contributed by atoms with Crippen LogP contribution >= 0.6 is 11.6 Å². The number of aromatic amines is 1. The van der Waals surface area contributed by atoms with Gasteiger partial charge in [-0.15, -0.1) is 0 Å². The number of methoxy groups -OCH3 is 1. The maximum atomic E-state index is 5.89. The minimum absolute atomic E-state index is 0.769. The van der Waals surface area contributed by atoms with Gasteiger partial charge < -0.3 is 9.72 Å². The van der Waals surface area contributed by atoms with Crippen LogP contribution in [0, 0.1) is 0 Å². The normalized spacial score (nSPS) is 10.8. The Kier molecular flexibility index (Phi) is 3.18. The zero-order valence-corrected chi connectivity index (χ0v) is 11.4. The van der Waals surface area contributed by atoms with E-state index in [2.05, 4.69) is 29.2 Å². The molecule has 0 radical (unpaired) electrons. The number of fused-ring (bicyclic) bond motifs is 1. The highest BCUT2D eigenvalue weighted by molar-refractivity contribution is 6.30. The van der Waals surface area contributed by atoms with Gasteiger partial charge in [-0.05, 0) is 41.3 Å². The van der Waals surface area contributed by atoms with Gasteiger partial charge in [0.25, 0.3) is 0 Å². The third kappa shape index (κ3) is 2.59. The standard InChI is InChI=1S/C16H14ClNO/c1-19-15-7-4-12-9-14(18-16(12)10-15)8-11-2-5-13(17)6-3-11/h2-7,9-10,18H,8H2,1H3. The van der Waals surface area contributed by atoms with Crippen LogP contribution < -0.4 is 4.74 Å². The molecule has 0 spiro atoms. The van der Waals surface area contributed by atoms with Crippen LogP contribution in [0.2, 0.25) is 5.02 Å². The second-order valence-electron chi connectivity index (χ2n) is 4.55. The minimum atomic E-state index is 0.769. The molecule has 0 bridgehead atoms. The molecule has 3 aromatic rings. The van der Waals surface area contributed by atoms with Crippen molar-refractivity contribution in [2.24, 2.45) is 0 Å². The van der Waals surface area contributed by atoms with Crippen LogP contribution in [0.25, 0.3) is 10.9 Å². The molecule has 0 atom stereocenters. The van der Waals surface area contributed by atoms with Crippen molar-refractivity contribution in [1.29, 1.82) is 0 Å². The third-order valence-electron chi connectivity index (χ3n) is 3.19. The molecular formula is C16H14ClNO. The van der Waals surface area contributed by atoms with Crippen molar-refractivity contribution < 1.29 is 4.74 Å². The molecule has 3 rings (SSSR count). The summed E-state index contributed by atoms with van der Waals surface area (Å²) in [5.41, 5.74) is 3.52. The van der Waals surface area contributed by atoms with Crippen molar-refractivity contribution in [2.75, 3.05) is 7.11 Å². The number of benzene rings is 2. The maximum absolute atomic E-state index is 5.89. The largest absolute Gasteiger partial charge is 0.497 e. The number of ether oxygens (including phenoxy) is 1. The third-order valence-corrected chi connectivity index (χ3v) is 3.45. The molecule has 0 fully saturated rings. The van der Waals surface area contributed by atoms with Gasteiger partial charge in [0.15, 0.2) is 0 Å². The lowest BCUT2D eigenvalue weighted by atomic mass is 10.1. The molecule has 0 saturated heterocycles. The zero-order valence-electron chi connectivity index (χ0n) is 10.6. The highest BCUT2D eigenvalue weighted by Gasteiger charge is 2.03. The van der Waals surface area contributed by atoms with E-state index in [-0.39, 0.29) is 0 Å². The number of halogens is 1. The first-order chi connectivity index (χ1) is 9.24. The first kappa shape index (κ1) is 12.1. The predicted molar refractivity (Wildman–Crippen MR) is 79.1 cm³/mol. The first-order valence-corrected chi connectivity index (χ1v) is 6.52. The maximum Gasteiger partial charge on any atom is 0.120 e. The summed E-state index contributed by atoms with van der Waals surface area (Å²) in [5, 5.41) is 1.97. The van der Waals surface area contributed by atoms with E-state index < -0.39 is 0 Å². The Balaban J connectivity index is 1.90. The monoisotopic (exact) mass is 271 g/mol. The zero-order chi connectivity index (χ0) is 13.2. The molecule has 0 amide bonds. The summed E-state index contributed by atoms with van der Waals surface area (Å²) < 4.78 is 5.23. The average Bonchev–Trinajstić information content (AvgIpc) is 2.82. The van der Waals surface area contributed by atoms with Crippen molar-refractivity contribution in [3.05, 3.63) is 64.8 Å². The number of hydrogen-bond donors (Lipinski definition) is 1. The Morgan fingerprint density at radius 1 is 1.05 bits per heavy atom. The highest BCUT2D eigenvalue weighted by atomic mass is 35.5. The Morgan fingerprint density at radius 3 is 2.58 bits per heavy atom. The van der Waals surface area contributed by atoms with Gasteiger partial charge in [0.05, 0.1) is 7.11 Å². The molecule has 19 heavy (non-hydrogen) atoms. The number of H-pyrrole nitrogens is 1. The molecule has 2 aromatic carbocycles. The highest BCUT2D eigenvalue weighted by Crippen LogP contribution is 2.22. The quantitative estimate of drug-likeness (QED) is 0.749. The lowest BCUT2D eigenvalue weighted by Gasteiger charge is -1.99. The fourth-order valence-electron chi connectivity index (χ4n) is 2.21. The smallest absolute Gasteiger partial charge is 0.120 e. The van der Waals surface area contributed by atoms with Gasteiger partial charge in [-0.3, -0.25) is 0 Å².